The second-order valence-electron chi connectivity index (χ2n) is 8.06. The van der Waals surface area contributed by atoms with Crippen molar-refractivity contribution in [2.45, 2.75) is 33.3 Å². The third kappa shape index (κ3) is 4.84. The van der Waals surface area contributed by atoms with E-state index in [4.69, 9.17) is 14.2 Å². The maximum Gasteiger partial charge on any atom is 0.228 e. The predicted molar refractivity (Wildman–Crippen MR) is 109 cm³/mol. The highest BCUT2D eigenvalue weighted by Crippen LogP contribution is 2.33. The van der Waals surface area contributed by atoms with Crippen LogP contribution in [0.2, 0.25) is 0 Å². The van der Waals surface area contributed by atoms with Gasteiger partial charge in [-0.3, -0.25) is 4.79 Å². The first kappa shape index (κ1) is 20.2. The number of morpholine rings is 1. The molecule has 0 radical (unpaired) electrons. The number of carbonyl (C=O) groups excluding carboxylic acids is 1. The maximum atomic E-state index is 12.6. The molecule has 0 N–H and O–H groups in total. The molecule has 0 aliphatic carbocycles. The summed E-state index contributed by atoms with van der Waals surface area (Å²) in [7, 11) is 1.63. The van der Waals surface area contributed by atoms with Gasteiger partial charge < -0.3 is 19.1 Å². The van der Waals surface area contributed by atoms with E-state index in [9.17, 15) is 4.79 Å². The Morgan fingerprint density at radius 3 is 2.39 bits per heavy atom. The van der Waals surface area contributed by atoms with Crippen LogP contribution in [0, 0.1) is 5.41 Å². The molecule has 0 aromatic heterocycles. The quantitative estimate of drug-likeness (QED) is 0.772. The molecule has 1 aliphatic rings. The van der Waals surface area contributed by atoms with Crippen LogP contribution >= 0.6 is 0 Å². The highest BCUT2D eigenvalue weighted by atomic mass is 16.5. The van der Waals surface area contributed by atoms with Crippen LogP contribution in [-0.4, -0.2) is 43.7 Å². The van der Waals surface area contributed by atoms with Crippen LogP contribution in [0.3, 0.4) is 0 Å². The molecule has 1 atom stereocenters. The summed E-state index contributed by atoms with van der Waals surface area (Å²) < 4.78 is 17.5. The summed E-state index contributed by atoms with van der Waals surface area (Å²) in [5, 5.41) is 0. The first-order chi connectivity index (χ1) is 13.4. The van der Waals surface area contributed by atoms with Gasteiger partial charge in [0.2, 0.25) is 5.91 Å². The lowest BCUT2D eigenvalue weighted by molar-refractivity contribution is -0.147. The van der Waals surface area contributed by atoms with Crippen molar-refractivity contribution in [2.24, 2.45) is 5.41 Å². The van der Waals surface area contributed by atoms with E-state index in [0.717, 1.165) is 11.3 Å². The molecule has 0 spiro atoms. The van der Waals surface area contributed by atoms with Crippen LogP contribution in [-0.2, 0) is 16.0 Å². The van der Waals surface area contributed by atoms with E-state index in [1.165, 1.54) is 0 Å². The van der Waals surface area contributed by atoms with Crippen LogP contribution in [0.5, 0.6) is 17.2 Å². The fourth-order valence-corrected chi connectivity index (χ4v) is 3.34. The number of rotatable bonds is 5. The monoisotopic (exact) mass is 383 g/mol. The molecule has 0 saturated carbocycles. The highest BCUT2D eigenvalue weighted by molar-refractivity contribution is 5.81. The fourth-order valence-electron chi connectivity index (χ4n) is 3.34. The minimum absolute atomic E-state index is 0.0533. The van der Waals surface area contributed by atoms with Gasteiger partial charge in [-0.2, -0.15) is 0 Å². The Labute approximate surface area is 167 Å². The van der Waals surface area contributed by atoms with Crippen molar-refractivity contribution in [3.05, 3.63) is 54.1 Å². The number of para-hydroxylation sites is 3. The molecule has 1 fully saturated rings. The van der Waals surface area contributed by atoms with Gasteiger partial charge in [-0.1, -0.05) is 51.1 Å². The van der Waals surface area contributed by atoms with E-state index in [1.807, 2.05) is 74.2 Å². The van der Waals surface area contributed by atoms with Crippen molar-refractivity contribution in [3.8, 4) is 17.2 Å². The third-order valence-electron chi connectivity index (χ3n) is 4.78. The summed E-state index contributed by atoms with van der Waals surface area (Å²) >= 11 is 0. The van der Waals surface area contributed by atoms with Gasteiger partial charge in [0.1, 0.15) is 5.75 Å². The molecule has 1 saturated heterocycles. The number of methoxy groups -OCH3 is 1. The summed E-state index contributed by atoms with van der Waals surface area (Å²) in [6.07, 6.45) is 0.627. The van der Waals surface area contributed by atoms with Crippen LogP contribution < -0.4 is 9.47 Å². The van der Waals surface area contributed by atoms with Gasteiger partial charge in [-0.05, 0) is 23.8 Å². The number of amides is 1. The molecular formula is C23H29NO4. The van der Waals surface area contributed by atoms with Crippen LogP contribution in [0.1, 0.15) is 26.3 Å². The predicted octanol–water partition coefficient (Wildman–Crippen LogP) is 4.30. The number of carbonyl (C=O) groups is 1. The zero-order valence-corrected chi connectivity index (χ0v) is 17.1. The van der Waals surface area contributed by atoms with Gasteiger partial charge in [0, 0.05) is 24.9 Å². The Balaban J connectivity index is 1.74. The standard InChI is InChI=1S/C23H29NO4/c1-23(2,3)22(25)24-13-14-27-18(16-24)15-17-9-5-6-10-19(17)28-21-12-8-7-11-20(21)26-4/h5-12,18H,13-16H2,1-4H3. The zero-order chi connectivity index (χ0) is 20.1. The van der Waals surface area contributed by atoms with Crippen molar-refractivity contribution in [2.75, 3.05) is 26.8 Å². The van der Waals surface area contributed by atoms with E-state index in [2.05, 4.69) is 0 Å². The van der Waals surface area contributed by atoms with Gasteiger partial charge in [-0.15, -0.1) is 0 Å². The first-order valence-electron chi connectivity index (χ1n) is 9.68. The van der Waals surface area contributed by atoms with Crippen molar-refractivity contribution >= 4 is 5.91 Å². The SMILES string of the molecule is COc1ccccc1Oc1ccccc1CC1CN(C(=O)C(C)(C)C)CCO1. The molecule has 28 heavy (non-hydrogen) atoms. The molecule has 2 aromatic carbocycles. The molecule has 1 amide bonds. The molecule has 1 aliphatic heterocycles. The normalized spacial score (nSPS) is 17.3. The highest BCUT2D eigenvalue weighted by Gasteiger charge is 2.31. The lowest BCUT2D eigenvalue weighted by Gasteiger charge is -2.36. The van der Waals surface area contributed by atoms with Gasteiger partial charge >= 0.3 is 0 Å². The third-order valence-corrected chi connectivity index (χ3v) is 4.78. The molecule has 1 unspecified atom stereocenters. The van der Waals surface area contributed by atoms with E-state index in [0.29, 0.717) is 37.6 Å². The molecule has 1 heterocycles. The smallest absolute Gasteiger partial charge is 0.228 e. The van der Waals surface area contributed by atoms with E-state index < -0.39 is 0 Å². The number of hydrogen-bond donors (Lipinski definition) is 0. The topological polar surface area (TPSA) is 48.0 Å². The Kier molecular flexibility index (Phi) is 6.25. The Hall–Kier alpha value is -2.53. The number of hydrogen-bond acceptors (Lipinski definition) is 4. The maximum absolute atomic E-state index is 12.6. The second-order valence-corrected chi connectivity index (χ2v) is 8.06. The Morgan fingerprint density at radius 1 is 1.07 bits per heavy atom. The largest absolute Gasteiger partial charge is 0.493 e. The number of nitrogens with zero attached hydrogens (tertiary/aromatic N) is 1. The second kappa shape index (κ2) is 8.65. The summed E-state index contributed by atoms with van der Waals surface area (Å²) in [6, 6.07) is 15.5. The summed E-state index contributed by atoms with van der Waals surface area (Å²) in [4.78, 5) is 14.5. The Morgan fingerprint density at radius 2 is 1.71 bits per heavy atom. The van der Waals surface area contributed by atoms with Gasteiger partial charge in [0.15, 0.2) is 11.5 Å². The van der Waals surface area contributed by atoms with Crippen LogP contribution in [0.15, 0.2) is 48.5 Å². The minimum atomic E-state index is -0.382. The summed E-state index contributed by atoms with van der Waals surface area (Å²) in [6.45, 7) is 7.66. The number of benzene rings is 2. The lowest BCUT2D eigenvalue weighted by Crippen LogP contribution is -2.49. The van der Waals surface area contributed by atoms with E-state index >= 15 is 0 Å². The number of ether oxygens (including phenoxy) is 3. The van der Waals surface area contributed by atoms with Gasteiger partial charge in [0.25, 0.3) is 0 Å². The Bertz CT molecular complexity index is 812. The first-order valence-corrected chi connectivity index (χ1v) is 9.68. The minimum Gasteiger partial charge on any atom is -0.493 e. The van der Waals surface area contributed by atoms with Crippen molar-refractivity contribution in [1.82, 2.24) is 4.90 Å². The molecule has 0 bridgehead atoms. The van der Waals surface area contributed by atoms with Crippen molar-refractivity contribution in [1.29, 1.82) is 0 Å². The molecule has 150 valence electrons. The van der Waals surface area contributed by atoms with Gasteiger partial charge in [0.05, 0.1) is 19.8 Å². The summed E-state index contributed by atoms with van der Waals surface area (Å²) in [5.74, 6) is 2.30. The molecule has 2 aromatic rings. The molecular weight excluding hydrogens is 354 g/mol. The zero-order valence-electron chi connectivity index (χ0n) is 17.1. The molecule has 5 heteroatoms. The fraction of sp³-hybridized carbons (Fsp3) is 0.435. The lowest BCUT2D eigenvalue weighted by atomic mass is 9.94. The van der Waals surface area contributed by atoms with Crippen LogP contribution in [0.4, 0.5) is 0 Å². The summed E-state index contributed by atoms with van der Waals surface area (Å²) in [5.41, 5.74) is 0.663. The van der Waals surface area contributed by atoms with Crippen molar-refractivity contribution in [3.63, 3.8) is 0 Å². The van der Waals surface area contributed by atoms with Gasteiger partial charge in [-0.25, -0.2) is 0 Å². The average Bonchev–Trinajstić information content (AvgIpc) is 2.69. The van der Waals surface area contributed by atoms with E-state index in [-0.39, 0.29) is 17.4 Å². The van der Waals surface area contributed by atoms with E-state index in [1.54, 1.807) is 7.11 Å². The molecule has 3 rings (SSSR count). The molecule has 5 nitrogen and oxygen atoms in total. The average molecular weight is 383 g/mol. The van der Waals surface area contributed by atoms with Crippen molar-refractivity contribution < 1.29 is 19.0 Å². The van der Waals surface area contributed by atoms with Crippen LogP contribution in [0.25, 0.3) is 0 Å².